The number of phenolic OH excluding ortho intramolecular Hbond substituents is 1. The van der Waals surface area contributed by atoms with Gasteiger partial charge in [-0.25, -0.2) is 4.79 Å². The van der Waals surface area contributed by atoms with Crippen molar-refractivity contribution in [3.05, 3.63) is 99.6 Å². The topological polar surface area (TPSA) is 159 Å². The first kappa shape index (κ1) is 30.8. The van der Waals surface area contributed by atoms with E-state index in [1.165, 1.54) is 25.3 Å². The molecular formula is C34H28Cl2N4O7. The Balaban J connectivity index is 1.46. The number of methoxy groups -OCH3 is 1. The first-order valence-electron chi connectivity index (χ1n) is 14.9. The molecule has 0 bridgehead atoms. The van der Waals surface area contributed by atoms with Gasteiger partial charge in [-0.3, -0.25) is 24.6 Å². The summed E-state index contributed by atoms with van der Waals surface area (Å²) < 4.78 is 5.39. The van der Waals surface area contributed by atoms with Gasteiger partial charge in [-0.05, 0) is 72.4 Å². The normalized spacial score (nSPS) is 28.1. The number of allylic oxidation sites excluding steroid dienone is 2. The van der Waals surface area contributed by atoms with Gasteiger partial charge < -0.3 is 15.6 Å². The third kappa shape index (κ3) is 4.44. The van der Waals surface area contributed by atoms with E-state index in [4.69, 9.17) is 33.7 Å². The molecule has 2 aliphatic carbocycles. The van der Waals surface area contributed by atoms with Gasteiger partial charge in [0.1, 0.15) is 11.5 Å². The zero-order valence-corrected chi connectivity index (χ0v) is 26.4. The smallest absolute Gasteiger partial charge is 0.328 e. The molecule has 0 radical (unpaired) electrons. The van der Waals surface area contributed by atoms with Crippen molar-refractivity contribution in [2.45, 2.75) is 24.2 Å². The molecular weight excluding hydrogens is 647 g/mol. The van der Waals surface area contributed by atoms with Crippen molar-refractivity contribution in [3.63, 3.8) is 0 Å². The van der Waals surface area contributed by atoms with Crippen LogP contribution in [0.2, 0.25) is 10.0 Å². The quantitative estimate of drug-likeness (QED) is 0.258. The number of carbonyl (C=O) groups excluding carboxylic acids is 5. The molecule has 6 amide bonds. The van der Waals surface area contributed by atoms with E-state index in [1.54, 1.807) is 48.5 Å². The maximum absolute atomic E-state index is 15.1. The summed E-state index contributed by atoms with van der Waals surface area (Å²) in [5.74, 6) is -6.32. The Labute approximate surface area is 278 Å². The van der Waals surface area contributed by atoms with Gasteiger partial charge in [0.15, 0.2) is 0 Å². The SMILES string of the molecule is COc1ccc([C@@]23C(=O)N(Nc4ccc(Cl)cc4Cl)C(=O)[C@@H]2C[C@@H]2C(=CC[C@@H]4C(=O)N(C(N)=O)C(=O)[C@@H]42)[C@@H]3c2ccc(O)cc2)cc1. The predicted molar refractivity (Wildman–Crippen MR) is 170 cm³/mol. The Morgan fingerprint density at radius 2 is 1.66 bits per heavy atom. The van der Waals surface area contributed by atoms with Crippen LogP contribution in [0, 0.1) is 23.7 Å². The lowest BCUT2D eigenvalue weighted by Crippen LogP contribution is -2.53. The first-order valence-corrected chi connectivity index (χ1v) is 15.6. The van der Waals surface area contributed by atoms with Crippen LogP contribution in [0.4, 0.5) is 10.5 Å². The van der Waals surface area contributed by atoms with Crippen molar-refractivity contribution in [1.29, 1.82) is 0 Å². The molecule has 3 aromatic carbocycles. The van der Waals surface area contributed by atoms with Crippen molar-refractivity contribution in [1.82, 2.24) is 9.91 Å². The number of imide groups is 4. The van der Waals surface area contributed by atoms with Gasteiger partial charge in [-0.1, -0.05) is 59.1 Å². The number of aromatic hydroxyl groups is 1. The minimum absolute atomic E-state index is 0.00277. The summed E-state index contributed by atoms with van der Waals surface area (Å²) in [6, 6.07) is 16.7. The highest BCUT2D eigenvalue weighted by molar-refractivity contribution is 6.36. The van der Waals surface area contributed by atoms with Crippen LogP contribution in [-0.4, -0.2) is 51.8 Å². The monoisotopic (exact) mass is 674 g/mol. The van der Waals surface area contributed by atoms with Crippen molar-refractivity contribution in [3.8, 4) is 11.5 Å². The molecule has 4 aliphatic rings. The number of anilines is 1. The fourth-order valence-electron chi connectivity index (χ4n) is 8.10. The van der Waals surface area contributed by atoms with Crippen molar-refractivity contribution in [2.24, 2.45) is 29.4 Å². The third-order valence-corrected chi connectivity index (χ3v) is 10.6. The van der Waals surface area contributed by atoms with Gasteiger partial charge in [0, 0.05) is 10.9 Å². The molecule has 2 saturated heterocycles. The maximum atomic E-state index is 15.1. The minimum Gasteiger partial charge on any atom is -0.508 e. The molecule has 0 unspecified atom stereocenters. The van der Waals surface area contributed by atoms with Gasteiger partial charge in [0.2, 0.25) is 11.8 Å². The molecule has 2 heterocycles. The second-order valence-electron chi connectivity index (χ2n) is 12.2. The van der Waals surface area contributed by atoms with Crippen LogP contribution in [0.5, 0.6) is 11.5 Å². The van der Waals surface area contributed by atoms with Gasteiger partial charge in [0.05, 0.1) is 41.0 Å². The zero-order chi connectivity index (χ0) is 33.4. The van der Waals surface area contributed by atoms with Crippen LogP contribution in [0.25, 0.3) is 0 Å². The van der Waals surface area contributed by atoms with Crippen molar-refractivity contribution >= 4 is 58.5 Å². The Hall–Kier alpha value is -4.87. The number of rotatable bonds is 5. The number of nitrogens with zero attached hydrogens (tertiary/aromatic N) is 2. The van der Waals surface area contributed by atoms with Gasteiger partial charge in [-0.15, -0.1) is 0 Å². The number of urea groups is 1. The molecule has 3 aromatic rings. The number of likely N-dealkylation sites (tertiary alicyclic amines) is 1. The van der Waals surface area contributed by atoms with Crippen LogP contribution in [0.1, 0.15) is 29.9 Å². The van der Waals surface area contributed by atoms with Crippen molar-refractivity contribution in [2.75, 3.05) is 12.5 Å². The summed E-state index contributed by atoms with van der Waals surface area (Å²) in [6.45, 7) is 0. The molecule has 6 atom stereocenters. The lowest BCUT2D eigenvalue weighted by Gasteiger charge is -2.50. The van der Waals surface area contributed by atoms with E-state index < -0.39 is 64.7 Å². The fraction of sp³-hybridized carbons (Fsp3) is 0.265. The maximum Gasteiger partial charge on any atom is 0.328 e. The minimum atomic E-state index is -1.55. The summed E-state index contributed by atoms with van der Waals surface area (Å²) in [5, 5.41) is 11.7. The number of hydrogen-bond acceptors (Lipinski definition) is 8. The number of phenols is 1. The van der Waals surface area contributed by atoms with Gasteiger partial charge in [0.25, 0.3) is 11.8 Å². The molecule has 1 saturated carbocycles. The standard InChI is InChI=1S/C34H28Cl2N4O7/c1-47-20-9-4-17(5-10-20)34-24(30(43)40(32(34)45)38-26-13-6-18(35)14-25(26)36)15-23-21(28(34)16-2-7-19(41)8-3-16)11-12-22-27(23)31(44)39(29(22)42)33(37)46/h2-11,13-14,22-24,27-28,38,41H,12,15H2,1H3,(H2,37,46)/t22-,23+,24-,27-,28-,34+/m0/s1. The van der Waals surface area contributed by atoms with E-state index in [0.717, 1.165) is 5.01 Å². The second kappa shape index (κ2) is 11.1. The fourth-order valence-corrected chi connectivity index (χ4v) is 8.55. The highest BCUT2D eigenvalue weighted by Crippen LogP contribution is 2.64. The number of halogens is 2. The molecule has 2 aliphatic heterocycles. The first-order chi connectivity index (χ1) is 22.5. The molecule has 3 fully saturated rings. The summed E-state index contributed by atoms with van der Waals surface area (Å²) in [5.41, 5.74) is 8.92. The molecule has 0 aromatic heterocycles. The van der Waals surface area contributed by atoms with Crippen LogP contribution in [0.3, 0.4) is 0 Å². The highest BCUT2D eigenvalue weighted by Gasteiger charge is 2.70. The lowest BCUT2D eigenvalue weighted by atomic mass is 9.49. The highest BCUT2D eigenvalue weighted by atomic mass is 35.5. The number of amides is 6. The third-order valence-electron chi connectivity index (χ3n) is 10.0. The Kier molecular flexibility index (Phi) is 7.29. The summed E-state index contributed by atoms with van der Waals surface area (Å²) in [7, 11) is 1.52. The molecule has 47 heavy (non-hydrogen) atoms. The Morgan fingerprint density at radius 3 is 2.30 bits per heavy atom. The van der Waals surface area contributed by atoms with E-state index >= 15 is 4.79 Å². The number of ether oxygens (including phenoxy) is 1. The molecule has 7 rings (SSSR count). The van der Waals surface area contributed by atoms with E-state index in [1.807, 2.05) is 6.08 Å². The average Bonchev–Trinajstić information content (AvgIpc) is 3.43. The Bertz CT molecular complexity index is 1900. The van der Waals surface area contributed by atoms with Crippen LogP contribution >= 0.6 is 23.2 Å². The molecule has 0 spiro atoms. The van der Waals surface area contributed by atoms with E-state index in [-0.39, 0.29) is 29.3 Å². The second-order valence-corrected chi connectivity index (χ2v) is 13.0. The predicted octanol–water partition coefficient (Wildman–Crippen LogP) is 4.77. The average molecular weight is 676 g/mol. The molecule has 240 valence electrons. The number of benzene rings is 3. The summed E-state index contributed by atoms with van der Waals surface area (Å²) in [4.78, 5) is 69.3. The number of fused-ring (bicyclic) bond motifs is 4. The number of carbonyl (C=O) groups is 5. The summed E-state index contributed by atoms with van der Waals surface area (Å²) >= 11 is 12.6. The largest absolute Gasteiger partial charge is 0.508 e. The number of hydrazine groups is 1. The van der Waals surface area contributed by atoms with Crippen molar-refractivity contribution < 1.29 is 33.8 Å². The molecule has 11 nitrogen and oxygen atoms in total. The van der Waals surface area contributed by atoms with E-state index in [9.17, 15) is 24.3 Å². The number of nitrogens with one attached hydrogen (secondary N) is 1. The van der Waals surface area contributed by atoms with E-state index in [0.29, 0.717) is 32.4 Å². The van der Waals surface area contributed by atoms with Gasteiger partial charge >= 0.3 is 6.03 Å². The Morgan fingerprint density at radius 1 is 0.957 bits per heavy atom. The van der Waals surface area contributed by atoms with Gasteiger partial charge in [-0.2, -0.15) is 9.91 Å². The zero-order valence-electron chi connectivity index (χ0n) is 24.9. The molecule has 13 heteroatoms. The van der Waals surface area contributed by atoms with E-state index in [2.05, 4.69) is 5.43 Å². The van der Waals surface area contributed by atoms with Crippen LogP contribution in [0.15, 0.2) is 78.4 Å². The molecule has 4 N–H and O–H groups in total. The summed E-state index contributed by atoms with van der Waals surface area (Å²) in [6.07, 6.45) is 2.01. The van der Waals surface area contributed by atoms with Crippen LogP contribution in [-0.2, 0) is 24.6 Å². The number of nitrogens with two attached hydrogens (primary N) is 1. The number of hydrogen-bond donors (Lipinski definition) is 3. The lowest BCUT2D eigenvalue weighted by molar-refractivity contribution is -0.139. The number of primary amides is 1. The van der Waals surface area contributed by atoms with Crippen LogP contribution < -0.4 is 15.9 Å².